The van der Waals surface area contributed by atoms with E-state index in [1.54, 1.807) is 18.4 Å². The third-order valence-electron chi connectivity index (χ3n) is 4.29. The molecule has 0 atom stereocenters. The molecular weight excluding hydrogens is 322 g/mol. The van der Waals surface area contributed by atoms with Crippen LogP contribution in [0, 0.1) is 0 Å². The second-order valence-electron chi connectivity index (χ2n) is 5.93. The largest absolute Gasteiger partial charge is 0.497 e. The fourth-order valence-corrected chi connectivity index (χ4v) is 3.72. The highest BCUT2D eigenvalue weighted by molar-refractivity contribution is 7.13. The zero-order valence-corrected chi connectivity index (χ0v) is 14.4. The maximum atomic E-state index is 5.82. The quantitative estimate of drug-likeness (QED) is 0.723. The molecule has 0 aliphatic carbocycles. The Labute approximate surface area is 144 Å². The molecule has 0 bridgehead atoms. The van der Waals surface area contributed by atoms with Crippen molar-refractivity contribution in [3.63, 3.8) is 0 Å². The van der Waals surface area contributed by atoms with Gasteiger partial charge in [-0.25, -0.2) is 0 Å². The molecular formula is C18H19N3O2S. The first-order valence-electron chi connectivity index (χ1n) is 8.06. The topological polar surface area (TPSA) is 51.4 Å². The van der Waals surface area contributed by atoms with Gasteiger partial charge in [0.2, 0.25) is 5.89 Å². The monoisotopic (exact) mass is 341 g/mol. The molecule has 2 aromatic heterocycles. The van der Waals surface area contributed by atoms with E-state index in [9.17, 15) is 0 Å². The van der Waals surface area contributed by atoms with Crippen molar-refractivity contribution in [3.05, 3.63) is 52.7 Å². The molecule has 6 heteroatoms. The van der Waals surface area contributed by atoms with Crippen molar-refractivity contribution < 1.29 is 9.15 Å². The van der Waals surface area contributed by atoms with Crippen LogP contribution in [0.4, 0.5) is 0 Å². The van der Waals surface area contributed by atoms with Crippen molar-refractivity contribution in [1.82, 2.24) is 15.1 Å². The minimum atomic E-state index is 0.611. The third-order valence-corrected chi connectivity index (χ3v) is 5.14. The first-order chi connectivity index (χ1) is 11.8. The molecule has 5 nitrogen and oxygen atoms in total. The number of thiophene rings is 1. The van der Waals surface area contributed by atoms with Crippen LogP contribution in [0.15, 0.2) is 40.1 Å². The smallest absolute Gasteiger partial charge is 0.257 e. The highest BCUT2D eigenvalue weighted by atomic mass is 32.1. The average molecular weight is 341 g/mol. The summed E-state index contributed by atoms with van der Waals surface area (Å²) in [5, 5.41) is 10.4. The fourth-order valence-electron chi connectivity index (χ4n) is 3.07. The van der Waals surface area contributed by atoms with E-state index < -0.39 is 0 Å². The lowest BCUT2D eigenvalue weighted by molar-refractivity contribution is 0.235. The second kappa shape index (κ2) is 6.75. The standard InChI is InChI=1S/C18H19N3O2S/c1-22-15-7-6-14-11-21(8-2-4-13(14)10-15)12-17-19-20-18(23-17)16-5-3-9-24-16/h3,5-7,9-10H,2,4,8,11-12H2,1H3. The summed E-state index contributed by atoms with van der Waals surface area (Å²) in [6.07, 6.45) is 2.19. The molecule has 1 aliphatic rings. The molecule has 3 heterocycles. The van der Waals surface area contributed by atoms with Crippen molar-refractivity contribution in [2.24, 2.45) is 0 Å². The van der Waals surface area contributed by atoms with E-state index in [0.29, 0.717) is 18.3 Å². The average Bonchev–Trinajstić information content (AvgIpc) is 3.23. The van der Waals surface area contributed by atoms with Gasteiger partial charge in [-0.2, -0.15) is 0 Å². The molecule has 0 saturated heterocycles. The summed E-state index contributed by atoms with van der Waals surface area (Å²) in [4.78, 5) is 3.38. The summed E-state index contributed by atoms with van der Waals surface area (Å²) in [6.45, 7) is 2.60. The molecule has 0 amide bonds. The van der Waals surface area contributed by atoms with Gasteiger partial charge in [0.1, 0.15) is 5.75 Å². The van der Waals surface area contributed by atoms with Gasteiger partial charge in [0.05, 0.1) is 18.5 Å². The van der Waals surface area contributed by atoms with Crippen molar-refractivity contribution >= 4 is 11.3 Å². The van der Waals surface area contributed by atoms with Crippen LogP contribution >= 0.6 is 11.3 Å². The second-order valence-corrected chi connectivity index (χ2v) is 6.87. The zero-order valence-electron chi connectivity index (χ0n) is 13.6. The van der Waals surface area contributed by atoms with Crippen LogP contribution in [0.5, 0.6) is 5.75 Å². The first-order valence-corrected chi connectivity index (χ1v) is 8.94. The zero-order chi connectivity index (χ0) is 16.4. The van der Waals surface area contributed by atoms with Gasteiger partial charge in [-0.3, -0.25) is 4.90 Å². The van der Waals surface area contributed by atoms with Crippen molar-refractivity contribution in [2.75, 3.05) is 13.7 Å². The Morgan fingerprint density at radius 1 is 1.25 bits per heavy atom. The molecule has 0 N–H and O–H groups in total. The van der Waals surface area contributed by atoms with E-state index in [1.165, 1.54) is 11.1 Å². The van der Waals surface area contributed by atoms with Gasteiger partial charge in [0.25, 0.3) is 5.89 Å². The van der Waals surface area contributed by atoms with Gasteiger partial charge < -0.3 is 9.15 Å². The molecule has 0 radical (unpaired) electrons. The van der Waals surface area contributed by atoms with Crippen LogP contribution in [-0.2, 0) is 19.5 Å². The van der Waals surface area contributed by atoms with Gasteiger partial charge in [-0.15, -0.1) is 21.5 Å². The number of aryl methyl sites for hydroxylation is 1. The molecule has 0 saturated carbocycles. The van der Waals surface area contributed by atoms with E-state index in [4.69, 9.17) is 9.15 Å². The van der Waals surface area contributed by atoms with Gasteiger partial charge >= 0.3 is 0 Å². The summed E-state index contributed by atoms with van der Waals surface area (Å²) in [5.74, 6) is 2.22. The number of hydrogen-bond acceptors (Lipinski definition) is 6. The lowest BCUT2D eigenvalue weighted by Crippen LogP contribution is -2.22. The van der Waals surface area contributed by atoms with E-state index in [0.717, 1.165) is 36.6 Å². The number of ether oxygens (including phenoxy) is 1. The Morgan fingerprint density at radius 2 is 2.21 bits per heavy atom. The minimum absolute atomic E-state index is 0.611. The van der Waals surface area contributed by atoms with Crippen molar-refractivity contribution in [2.45, 2.75) is 25.9 Å². The highest BCUT2D eigenvalue weighted by Crippen LogP contribution is 2.26. The van der Waals surface area contributed by atoms with Crippen LogP contribution < -0.4 is 4.74 Å². The van der Waals surface area contributed by atoms with E-state index in [1.807, 2.05) is 23.6 Å². The predicted octanol–water partition coefficient (Wildman–Crippen LogP) is 3.76. The molecule has 24 heavy (non-hydrogen) atoms. The molecule has 0 spiro atoms. The third kappa shape index (κ3) is 3.20. The van der Waals surface area contributed by atoms with Crippen LogP contribution in [0.3, 0.4) is 0 Å². The fraction of sp³-hybridized carbons (Fsp3) is 0.333. The van der Waals surface area contributed by atoms with Gasteiger partial charge in [0.15, 0.2) is 0 Å². The van der Waals surface area contributed by atoms with Crippen LogP contribution in [0.1, 0.15) is 23.4 Å². The van der Waals surface area contributed by atoms with Crippen LogP contribution in [0.2, 0.25) is 0 Å². The summed E-state index contributed by atoms with van der Waals surface area (Å²) in [6, 6.07) is 10.3. The predicted molar refractivity (Wildman–Crippen MR) is 93.0 cm³/mol. The lowest BCUT2D eigenvalue weighted by Gasteiger charge is -2.18. The first kappa shape index (κ1) is 15.4. The van der Waals surface area contributed by atoms with Crippen LogP contribution in [0.25, 0.3) is 10.8 Å². The van der Waals surface area contributed by atoms with Crippen LogP contribution in [-0.4, -0.2) is 28.8 Å². The minimum Gasteiger partial charge on any atom is -0.497 e. The summed E-state index contributed by atoms with van der Waals surface area (Å²) in [5.41, 5.74) is 2.73. The van der Waals surface area contributed by atoms with Gasteiger partial charge in [-0.05, 0) is 54.1 Å². The maximum Gasteiger partial charge on any atom is 0.257 e. The summed E-state index contributed by atoms with van der Waals surface area (Å²) in [7, 11) is 1.71. The Kier molecular flexibility index (Phi) is 4.32. The molecule has 4 rings (SSSR count). The summed E-state index contributed by atoms with van der Waals surface area (Å²) >= 11 is 1.61. The Balaban J connectivity index is 1.48. The van der Waals surface area contributed by atoms with E-state index in [-0.39, 0.29) is 0 Å². The SMILES string of the molecule is COc1ccc2c(c1)CCCN(Cc1nnc(-c3cccs3)o1)C2. The van der Waals surface area contributed by atoms with Gasteiger partial charge in [0, 0.05) is 6.54 Å². The van der Waals surface area contributed by atoms with Crippen molar-refractivity contribution in [1.29, 1.82) is 0 Å². The maximum absolute atomic E-state index is 5.82. The summed E-state index contributed by atoms with van der Waals surface area (Å²) < 4.78 is 11.2. The number of nitrogens with zero attached hydrogens (tertiary/aromatic N) is 3. The van der Waals surface area contributed by atoms with Gasteiger partial charge in [-0.1, -0.05) is 12.1 Å². The molecule has 0 fully saturated rings. The molecule has 1 aromatic carbocycles. The number of methoxy groups -OCH3 is 1. The Bertz CT molecular complexity index is 814. The molecule has 0 unspecified atom stereocenters. The number of hydrogen-bond donors (Lipinski definition) is 0. The number of fused-ring (bicyclic) bond motifs is 1. The Morgan fingerprint density at radius 3 is 3.04 bits per heavy atom. The Hall–Kier alpha value is -2.18. The molecule has 124 valence electrons. The highest BCUT2D eigenvalue weighted by Gasteiger charge is 2.18. The number of rotatable bonds is 4. The lowest BCUT2D eigenvalue weighted by atomic mass is 10.0. The molecule has 3 aromatic rings. The van der Waals surface area contributed by atoms with Crippen molar-refractivity contribution in [3.8, 4) is 16.5 Å². The normalized spacial score (nSPS) is 15.0. The molecule has 1 aliphatic heterocycles. The van der Waals surface area contributed by atoms with E-state index in [2.05, 4.69) is 27.2 Å². The number of aromatic nitrogens is 2. The number of benzene rings is 1. The van der Waals surface area contributed by atoms with E-state index >= 15 is 0 Å².